The summed E-state index contributed by atoms with van der Waals surface area (Å²) in [6.45, 7) is -0.266. The molecule has 0 aliphatic rings. The van der Waals surface area contributed by atoms with Crippen molar-refractivity contribution in [3.63, 3.8) is 0 Å². The van der Waals surface area contributed by atoms with Crippen LogP contribution in [0.15, 0.2) is 48.0 Å². The Morgan fingerprint density at radius 1 is 1.17 bits per heavy atom. The van der Waals surface area contributed by atoms with Gasteiger partial charge in [0.05, 0.1) is 20.7 Å². The van der Waals surface area contributed by atoms with Gasteiger partial charge >= 0.3 is 0 Å². The van der Waals surface area contributed by atoms with E-state index in [-0.39, 0.29) is 6.61 Å². The summed E-state index contributed by atoms with van der Waals surface area (Å²) in [4.78, 5) is 27.9. The van der Waals surface area contributed by atoms with Gasteiger partial charge in [-0.3, -0.25) is 20.4 Å². The van der Waals surface area contributed by atoms with E-state index in [0.717, 1.165) is 10.2 Å². The van der Waals surface area contributed by atoms with Crippen LogP contribution in [0.1, 0.15) is 10.4 Å². The number of hydrogen-bond donors (Lipinski definition) is 2. The van der Waals surface area contributed by atoms with E-state index in [1.807, 2.05) is 0 Å². The number of nitrogens with one attached hydrogen (secondary N) is 2. The van der Waals surface area contributed by atoms with Crippen LogP contribution < -0.4 is 15.6 Å². The van der Waals surface area contributed by atoms with Gasteiger partial charge in [0.15, 0.2) is 6.61 Å². The first-order valence-electron chi connectivity index (χ1n) is 6.93. The van der Waals surface area contributed by atoms with Crippen LogP contribution in [0.3, 0.4) is 0 Å². The number of thiazole rings is 1. The Hall–Kier alpha value is -2.64. The molecule has 0 atom stereocenters. The van der Waals surface area contributed by atoms with E-state index in [1.54, 1.807) is 48.0 Å². The van der Waals surface area contributed by atoms with Gasteiger partial charge in [0.1, 0.15) is 5.75 Å². The molecule has 0 radical (unpaired) electrons. The van der Waals surface area contributed by atoms with E-state index < -0.39 is 11.8 Å². The number of ether oxygens (including phenoxy) is 1. The minimum atomic E-state index is -0.498. The molecule has 0 unspecified atom stereocenters. The van der Waals surface area contributed by atoms with Crippen molar-refractivity contribution in [1.82, 2.24) is 15.8 Å². The van der Waals surface area contributed by atoms with Crippen LogP contribution in [0, 0.1) is 0 Å². The average Bonchev–Trinajstić information content (AvgIpc) is 3.06. The number of halogens is 1. The van der Waals surface area contributed by atoms with Crippen molar-refractivity contribution in [2.75, 3.05) is 6.61 Å². The highest BCUT2D eigenvalue weighted by Gasteiger charge is 2.10. The first-order chi connectivity index (χ1) is 11.6. The van der Waals surface area contributed by atoms with Crippen molar-refractivity contribution in [2.24, 2.45) is 0 Å². The van der Waals surface area contributed by atoms with Crippen LogP contribution in [-0.2, 0) is 4.79 Å². The fourth-order valence-electron chi connectivity index (χ4n) is 1.94. The molecule has 1 heterocycles. The zero-order valence-corrected chi connectivity index (χ0v) is 13.9. The fraction of sp³-hybridized carbons (Fsp3) is 0.0625. The lowest BCUT2D eigenvalue weighted by Gasteiger charge is -2.09. The van der Waals surface area contributed by atoms with Crippen LogP contribution in [0.5, 0.6) is 5.75 Å². The van der Waals surface area contributed by atoms with Crippen molar-refractivity contribution in [3.05, 3.63) is 58.6 Å². The molecule has 24 heavy (non-hydrogen) atoms. The Bertz CT molecular complexity index is 897. The second-order valence-corrected chi connectivity index (χ2v) is 6.05. The Morgan fingerprint density at radius 2 is 2.00 bits per heavy atom. The molecule has 3 aromatic rings. The zero-order chi connectivity index (χ0) is 16.9. The Balaban J connectivity index is 1.52. The van der Waals surface area contributed by atoms with Gasteiger partial charge in [0.25, 0.3) is 11.8 Å². The Kier molecular flexibility index (Phi) is 4.93. The molecule has 0 aliphatic carbocycles. The molecule has 2 aromatic carbocycles. The largest absolute Gasteiger partial charge is 0.482 e. The van der Waals surface area contributed by atoms with Crippen molar-refractivity contribution in [2.45, 2.75) is 0 Å². The number of benzene rings is 2. The highest BCUT2D eigenvalue weighted by Crippen LogP contribution is 2.22. The fourth-order valence-corrected chi connectivity index (χ4v) is 2.84. The van der Waals surface area contributed by atoms with E-state index in [4.69, 9.17) is 16.3 Å². The maximum absolute atomic E-state index is 12.0. The van der Waals surface area contributed by atoms with E-state index in [1.165, 1.54) is 11.3 Å². The van der Waals surface area contributed by atoms with Gasteiger partial charge < -0.3 is 4.74 Å². The number of rotatable bonds is 4. The Morgan fingerprint density at radius 3 is 2.83 bits per heavy atom. The molecule has 0 spiro atoms. The quantitative estimate of drug-likeness (QED) is 0.700. The summed E-state index contributed by atoms with van der Waals surface area (Å²) in [6.07, 6.45) is 0. The van der Waals surface area contributed by atoms with Crippen molar-refractivity contribution in [3.8, 4) is 5.75 Å². The van der Waals surface area contributed by atoms with Crippen LogP contribution in [-0.4, -0.2) is 23.4 Å². The van der Waals surface area contributed by atoms with E-state index in [9.17, 15) is 9.59 Å². The van der Waals surface area contributed by atoms with Crippen LogP contribution in [0.2, 0.25) is 5.02 Å². The maximum atomic E-state index is 12.0. The number of carbonyl (C=O) groups is 2. The van der Waals surface area contributed by atoms with E-state index >= 15 is 0 Å². The molecule has 0 fully saturated rings. The number of fused-ring (bicyclic) bond motifs is 1. The van der Waals surface area contributed by atoms with Gasteiger partial charge in [-0.05, 0) is 30.3 Å². The number of nitrogens with zero attached hydrogens (tertiary/aromatic N) is 1. The second-order valence-electron chi connectivity index (χ2n) is 4.76. The van der Waals surface area contributed by atoms with Crippen LogP contribution >= 0.6 is 22.9 Å². The van der Waals surface area contributed by atoms with Crippen molar-refractivity contribution >= 4 is 45.0 Å². The maximum Gasteiger partial charge on any atom is 0.276 e. The summed E-state index contributed by atoms with van der Waals surface area (Å²) >= 11 is 7.36. The molecule has 0 aliphatic heterocycles. The molecule has 6 nitrogen and oxygen atoms in total. The van der Waals surface area contributed by atoms with Gasteiger partial charge in [-0.1, -0.05) is 23.7 Å². The number of carbonyl (C=O) groups excluding carboxylic acids is 2. The third kappa shape index (κ3) is 3.81. The summed E-state index contributed by atoms with van der Waals surface area (Å²) in [5, 5.41) is 0.409. The first-order valence-corrected chi connectivity index (χ1v) is 8.19. The van der Waals surface area contributed by atoms with E-state index in [0.29, 0.717) is 16.3 Å². The molecule has 0 bridgehead atoms. The third-order valence-corrected chi connectivity index (χ3v) is 4.21. The van der Waals surface area contributed by atoms with Gasteiger partial charge in [0, 0.05) is 5.56 Å². The molecule has 122 valence electrons. The normalized spacial score (nSPS) is 10.4. The lowest BCUT2D eigenvalue weighted by Crippen LogP contribution is -2.43. The molecular formula is C16H12ClN3O3S. The third-order valence-electron chi connectivity index (χ3n) is 3.10. The highest BCUT2D eigenvalue weighted by molar-refractivity contribution is 7.16. The average molecular weight is 362 g/mol. The SMILES string of the molecule is O=C(COc1ccccc1Cl)NNC(=O)c1ccc2ncsc2c1. The molecule has 2 amide bonds. The lowest BCUT2D eigenvalue weighted by atomic mass is 10.2. The highest BCUT2D eigenvalue weighted by atomic mass is 35.5. The number of hydrogen-bond acceptors (Lipinski definition) is 5. The van der Waals surface area contributed by atoms with Gasteiger partial charge in [-0.2, -0.15) is 0 Å². The van der Waals surface area contributed by atoms with Gasteiger partial charge in [-0.25, -0.2) is 4.98 Å². The standard InChI is InChI=1S/C16H12ClN3O3S/c17-11-3-1-2-4-13(11)23-8-15(21)19-20-16(22)10-5-6-12-14(7-10)24-9-18-12/h1-7,9H,8H2,(H,19,21)(H,20,22). The summed E-state index contributed by atoms with van der Waals surface area (Å²) in [7, 11) is 0. The van der Waals surface area contributed by atoms with Crippen LogP contribution in [0.25, 0.3) is 10.2 Å². The second kappa shape index (κ2) is 7.29. The zero-order valence-electron chi connectivity index (χ0n) is 12.3. The summed E-state index contributed by atoms with van der Waals surface area (Å²) < 4.78 is 6.18. The molecule has 1 aromatic heterocycles. The number of hydrazine groups is 1. The van der Waals surface area contributed by atoms with Gasteiger partial charge in [0.2, 0.25) is 0 Å². The van der Waals surface area contributed by atoms with Crippen LogP contribution in [0.4, 0.5) is 0 Å². The van der Waals surface area contributed by atoms with Crippen molar-refractivity contribution in [1.29, 1.82) is 0 Å². The molecule has 2 N–H and O–H groups in total. The topological polar surface area (TPSA) is 80.3 Å². The summed E-state index contributed by atoms with van der Waals surface area (Å²) in [6, 6.07) is 11.9. The lowest BCUT2D eigenvalue weighted by molar-refractivity contribution is -0.123. The molecule has 0 saturated carbocycles. The molecule has 8 heteroatoms. The summed E-state index contributed by atoms with van der Waals surface area (Å²) in [5.41, 5.74) is 7.60. The predicted molar refractivity (Wildman–Crippen MR) is 92.2 cm³/mol. The summed E-state index contributed by atoms with van der Waals surface area (Å²) in [5.74, 6) is -0.519. The van der Waals surface area contributed by atoms with E-state index in [2.05, 4.69) is 15.8 Å². The number of aromatic nitrogens is 1. The monoisotopic (exact) mass is 361 g/mol. The smallest absolute Gasteiger partial charge is 0.276 e. The number of para-hydroxylation sites is 1. The molecule has 0 saturated heterocycles. The number of amides is 2. The van der Waals surface area contributed by atoms with Gasteiger partial charge in [-0.15, -0.1) is 11.3 Å². The molecular weight excluding hydrogens is 350 g/mol. The minimum absolute atomic E-state index is 0.266. The Labute approximate surface area is 146 Å². The molecule has 3 rings (SSSR count). The predicted octanol–water partition coefficient (Wildman–Crippen LogP) is 2.79. The van der Waals surface area contributed by atoms with Crippen molar-refractivity contribution < 1.29 is 14.3 Å². The first kappa shape index (κ1) is 16.2. The minimum Gasteiger partial charge on any atom is -0.482 e.